The quantitative estimate of drug-likeness (QED) is 0.574. The highest BCUT2D eigenvalue weighted by atomic mass is 32.2. The normalized spacial score (nSPS) is 42.8. The van der Waals surface area contributed by atoms with Gasteiger partial charge in [-0.15, -0.1) is 11.8 Å². The Morgan fingerprint density at radius 2 is 2.00 bits per heavy atom. The van der Waals surface area contributed by atoms with Crippen LogP contribution in [0.15, 0.2) is 4.99 Å². The van der Waals surface area contributed by atoms with Gasteiger partial charge in [-0.1, -0.05) is 11.8 Å². The van der Waals surface area contributed by atoms with Crippen LogP contribution in [0.25, 0.3) is 0 Å². The van der Waals surface area contributed by atoms with Crippen LogP contribution in [0, 0.1) is 0 Å². The summed E-state index contributed by atoms with van der Waals surface area (Å²) < 4.78 is 0.0907. The molecule has 2 aliphatic heterocycles. The molecule has 2 aliphatic rings. The van der Waals surface area contributed by atoms with Gasteiger partial charge in [-0.05, 0) is 0 Å². The number of hydrogen-bond acceptors (Lipinski definition) is 7. The van der Waals surface area contributed by atoms with Crippen molar-refractivity contribution >= 4 is 28.7 Å². The third-order valence-electron chi connectivity index (χ3n) is 2.71. The molecule has 0 radical (unpaired) electrons. The number of fused-ring (bicyclic) bond motifs is 1. The van der Waals surface area contributed by atoms with Gasteiger partial charge < -0.3 is 20.2 Å². The number of hydrogen-bond donors (Lipinski definition) is 3. The van der Waals surface area contributed by atoms with E-state index in [4.69, 9.17) is 5.11 Å². The van der Waals surface area contributed by atoms with Crippen molar-refractivity contribution in [3.05, 3.63) is 0 Å². The largest absolute Gasteiger partial charge is 0.395 e. The zero-order chi connectivity index (χ0) is 11.9. The van der Waals surface area contributed by atoms with Crippen LogP contribution in [0.2, 0.25) is 0 Å². The van der Waals surface area contributed by atoms with Gasteiger partial charge >= 0.3 is 0 Å². The van der Waals surface area contributed by atoms with E-state index in [1.807, 2.05) is 19.0 Å². The number of aliphatic hydroxyl groups is 3. The molecule has 2 rings (SSSR count). The second-order valence-electron chi connectivity index (χ2n) is 4.12. The molecular weight excluding hydrogens is 248 g/mol. The van der Waals surface area contributed by atoms with Crippen molar-refractivity contribution in [3.8, 4) is 0 Å². The monoisotopic (exact) mass is 264 g/mol. The Kier molecular flexibility index (Phi) is 3.70. The van der Waals surface area contributed by atoms with Gasteiger partial charge in [0.25, 0.3) is 0 Å². The second-order valence-corrected chi connectivity index (χ2v) is 6.91. The fraction of sp³-hybridized carbons (Fsp3) is 0.889. The molecule has 5 nitrogen and oxygen atoms in total. The van der Waals surface area contributed by atoms with E-state index in [0.717, 1.165) is 5.17 Å². The Balaban J connectivity index is 2.14. The molecular formula is C9H16N2O3S2. The third-order valence-corrected chi connectivity index (χ3v) is 5.85. The lowest BCUT2D eigenvalue weighted by atomic mass is 10.0. The third kappa shape index (κ3) is 2.06. The van der Waals surface area contributed by atoms with E-state index < -0.39 is 12.2 Å². The van der Waals surface area contributed by atoms with Gasteiger partial charge in [-0.3, -0.25) is 4.99 Å². The molecule has 0 amide bonds. The van der Waals surface area contributed by atoms with Crippen LogP contribution in [0.4, 0.5) is 0 Å². The van der Waals surface area contributed by atoms with E-state index >= 15 is 0 Å². The molecule has 0 bridgehead atoms. The first-order chi connectivity index (χ1) is 7.54. The number of amidine groups is 1. The fourth-order valence-electron chi connectivity index (χ4n) is 1.78. The highest BCUT2D eigenvalue weighted by Gasteiger charge is 2.47. The molecule has 0 unspecified atom stereocenters. The molecule has 1 saturated heterocycles. The van der Waals surface area contributed by atoms with Crippen LogP contribution < -0.4 is 0 Å². The predicted molar refractivity (Wildman–Crippen MR) is 66.8 cm³/mol. The molecule has 92 valence electrons. The molecule has 3 N–H and O–H groups in total. The van der Waals surface area contributed by atoms with E-state index in [2.05, 4.69) is 4.99 Å². The van der Waals surface area contributed by atoms with Gasteiger partial charge in [-0.25, -0.2) is 0 Å². The summed E-state index contributed by atoms with van der Waals surface area (Å²) in [6, 6.07) is -0.273. The first kappa shape index (κ1) is 12.5. The van der Waals surface area contributed by atoms with Crippen LogP contribution in [-0.4, -0.2) is 74.2 Å². The summed E-state index contributed by atoms with van der Waals surface area (Å²) >= 11 is 3.08. The molecule has 2 heterocycles. The standard InChI is InChI=1S/C9H16N2O3S2/c1-11(2)9-10-5-7(14)6(13)4(3-12)15-8(5)16-9/h4-8,12-14H,3H2,1-2H3/t4-,5-,6-,7-,8-/m1/s1. The minimum Gasteiger partial charge on any atom is -0.395 e. The summed E-state index contributed by atoms with van der Waals surface area (Å²) in [5, 5.41) is 29.4. The number of aliphatic imine (C=N–C) groups is 1. The predicted octanol–water partition coefficient (Wildman–Crippen LogP) is -0.825. The molecule has 5 atom stereocenters. The lowest BCUT2D eigenvalue weighted by molar-refractivity contribution is -0.00545. The first-order valence-electron chi connectivity index (χ1n) is 5.09. The lowest BCUT2D eigenvalue weighted by Crippen LogP contribution is -2.51. The van der Waals surface area contributed by atoms with E-state index in [1.165, 1.54) is 11.8 Å². The zero-order valence-electron chi connectivity index (χ0n) is 9.15. The van der Waals surface area contributed by atoms with Crippen LogP contribution in [-0.2, 0) is 0 Å². The summed E-state index contributed by atoms with van der Waals surface area (Å²) in [4.78, 5) is 6.30. The topological polar surface area (TPSA) is 76.3 Å². The van der Waals surface area contributed by atoms with Crippen molar-refractivity contribution in [1.29, 1.82) is 0 Å². The highest BCUT2D eigenvalue weighted by Crippen LogP contribution is 2.44. The van der Waals surface area contributed by atoms with Gasteiger partial charge in [0.05, 0.1) is 22.5 Å². The Morgan fingerprint density at radius 1 is 1.31 bits per heavy atom. The molecule has 0 spiro atoms. The summed E-state index contributed by atoms with van der Waals surface area (Å²) in [5.74, 6) is 0. The van der Waals surface area contributed by atoms with Crippen LogP contribution >= 0.6 is 23.5 Å². The molecule has 0 aromatic heterocycles. The van der Waals surface area contributed by atoms with Crippen molar-refractivity contribution < 1.29 is 15.3 Å². The van der Waals surface area contributed by atoms with Crippen molar-refractivity contribution in [3.63, 3.8) is 0 Å². The van der Waals surface area contributed by atoms with Crippen LogP contribution in [0.5, 0.6) is 0 Å². The maximum absolute atomic E-state index is 9.94. The molecule has 16 heavy (non-hydrogen) atoms. The number of rotatable bonds is 1. The van der Waals surface area contributed by atoms with Gasteiger partial charge in [0.2, 0.25) is 0 Å². The maximum atomic E-state index is 9.94. The Bertz CT molecular complexity index is 300. The molecule has 1 fully saturated rings. The van der Waals surface area contributed by atoms with E-state index in [-0.39, 0.29) is 22.5 Å². The van der Waals surface area contributed by atoms with E-state index in [9.17, 15) is 10.2 Å². The SMILES string of the molecule is CN(C)C1=N[C@H]2[C@@H](S1)S[C@H](CO)[C@@H](O)[C@@H]2O. The first-order valence-corrected chi connectivity index (χ1v) is 6.91. The molecule has 0 aliphatic carbocycles. The van der Waals surface area contributed by atoms with Gasteiger partial charge in [0.15, 0.2) is 5.17 Å². The molecule has 0 aromatic rings. The highest BCUT2D eigenvalue weighted by molar-refractivity contribution is 8.25. The Morgan fingerprint density at radius 3 is 2.56 bits per heavy atom. The van der Waals surface area contributed by atoms with Crippen molar-refractivity contribution in [2.75, 3.05) is 20.7 Å². The number of thioether (sulfide) groups is 2. The zero-order valence-corrected chi connectivity index (χ0v) is 10.8. The summed E-state index contributed by atoms with van der Waals surface area (Å²) in [6.45, 7) is -0.121. The minimum absolute atomic E-state index is 0.0907. The van der Waals surface area contributed by atoms with Gasteiger partial charge in [0, 0.05) is 14.1 Å². The summed E-state index contributed by atoms with van der Waals surface area (Å²) in [6.07, 6.45) is -1.78. The molecule has 7 heteroatoms. The summed E-state index contributed by atoms with van der Waals surface area (Å²) in [7, 11) is 3.81. The van der Waals surface area contributed by atoms with Crippen LogP contribution in [0.3, 0.4) is 0 Å². The maximum Gasteiger partial charge on any atom is 0.160 e. The van der Waals surface area contributed by atoms with Crippen molar-refractivity contribution in [1.82, 2.24) is 4.90 Å². The van der Waals surface area contributed by atoms with Crippen molar-refractivity contribution in [2.45, 2.75) is 28.1 Å². The Hall–Kier alpha value is 0.0500. The molecule has 0 saturated carbocycles. The second kappa shape index (κ2) is 4.73. The average molecular weight is 264 g/mol. The Labute approximate surface area is 103 Å². The number of aliphatic hydroxyl groups excluding tert-OH is 3. The van der Waals surface area contributed by atoms with Crippen LogP contribution in [0.1, 0.15) is 0 Å². The van der Waals surface area contributed by atoms with Gasteiger partial charge in [-0.2, -0.15) is 0 Å². The summed E-state index contributed by atoms with van der Waals surface area (Å²) in [5.41, 5.74) is 0. The van der Waals surface area contributed by atoms with Crippen molar-refractivity contribution in [2.24, 2.45) is 4.99 Å². The lowest BCUT2D eigenvalue weighted by Gasteiger charge is -2.36. The van der Waals surface area contributed by atoms with E-state index in [1.54, 1.807) is 11.8 Å². The fourth-order valence-corrected chi connectivity index (χ4v) is 4.79. The average Bonchev–Trinajstić information content (AvgIpc) is 2.67. The van der Waals surface area contributed by atoms with Gasteiger partial charge in [0.1, 0.15) is 12.1 Å². The molecule has 0 aromatic carbocycles. The number of nitrogens with zero attached hydrogens (tertiary/aromatic N) is 2. The van der Waals surface area contributed by atoms with E-state index in [0.29, 0.717) is 0 Å². The smallest absolute Gasteiger partial charge is 0.160 e. The minimum atomic E-state index is -0.901.